The maximum atomic E-state index is 14.1. The van der Waals surface area contributed by atoms with Gasteiger partial charge in [-0.1, -0.05) is 38.5 Å². The Morgan fingerprint density at radius 3 is 2.47 bits per heavy atom. The van der Waals surface area contributed by atoms with Gasteiger partial charge in [0.15, 0.2) is 0 Å². The quantitative estimate of drug-likeness (QED) is 0.505. The minimum atomic E-state index is -1.31. The molecule has 0 aromatic carbocycles. The van der Waals surface area contributed by atoms with E-state index in [0.29, 0.717) is 6.54 Å². The number of cyclic esters (lactones) is 1. The SMILES string of the molecule is CC[C@H](C)[C@H](CO)N1C(=O)[C@@H]2[C@H]3C(=O)OCC=C[C@@]3(C)O[C@@]23C=CCN(C(C)C)C(=O)C13. The monoisotopic (exact) mass is 446 g/mol. The van der Waals surface area contributed by atoms with Crippen molar-refractivity contribution in [3.63, 3.8) is 0 Å². The van der Waals surface area contributed by atoms with Crippen LogP contribution < -0.4 is 0 Å². The summed E-state index contributed by atoms with van der Waals surface area (Å²) in [6.07, 6.45) is 7.91. The smallest absolute Gasteiger partial charge is 0.313 e. The predicted molar refractivity (Wildman–Crippen MR) is 116 cm³/mol. The third kappa shape index (κ3) is 3.06. The molecule has 0 saturated carbocycles. The number of aliphatic hydroxyl groups is 1. The molecule has 4 heterocycles. The Bertz CT molecular complexity index is 869. The molecule has 0 aliphatic carbocycles. The van der Waals surface area contributed by atoms with E-state index in [9.17, 15) is 19.5 Å². The number of fused-ring (bicyclic) bond motifs is 2. The summed E-state index contributed by atoms with van der Waals surface area (Å²) < 4.78 is 12.0. The van der Waals surface area contributed by atoms with Gasteiger partial charge in [0.1, 0.15) is 24.2 Å². The number of nitrogens with zero attached hydrogens (tertiary/aromatic N) is 2. The lowest BCUT2D eigenvalue weighted by atomic mass is 9.75. The van der Waals surface area contributed by atoms with Gasteiger partial charge in [0.25, 0.3) is 0 Å². The van der Waals surface area contributed by atoms with Crippen molar-refractivity contribution in [1.82, 2.24) is 9.80 Å². The Kier molecular flexibility index (Phi) is 5.74. The maximum Gasteiger partial charge on any atom is 0.313 e. The maximum absolute atomic E-state index is 14.1. The van der Waals surface area contributed by atoms with Crippen molar-refractivity contribution in [3.05, 3.63) is 24.3 Å². The van der Waals surface area contributed by atoms with E-state index in [1.807, 2.05) is 39.8 Å². The molecule has 32 heavy (non-hydrogen) atoms. The van der Waals surface area contributed by atoms with Crippen LogP contribution in [0.3, 0.4) is 0 Å². The van der Waals surface area contributed by atoms with Gasteiger partial charge in [-0.3, -0.25) is 14.4 Å². The topological polar surface area (TPSA) is 96.4 Å². The van der Waals surface area contributed by atoms with Gasteiger partial charge in [-0.05, 0) is 32.8 Å². The molecule has 2 amide bonds. The molecule has 0 aromatic heterocycles. The van der Waals surface area contributed by atoms with Crippen LogP contribution in [0.2, 0.25) is 0 Å². The van der Waals surface area contributed by atoms with Gasteiger partial charge in [-0.2, -0.15) is 0 Å². The second-order valence-electron chi connectivity index (χ2n) is 9.90. The lowest BCUT2D eigenvalue weighted by molar-refractivity contribution is -0.161. The normalized spacial score (nSPS) is 38.2. The van der Waals surface area contributed by atoms with Gasteiger partial charge in [0, 0.05) is 12.6 Å². The van der Waals surface area contributed by atoms with Gasteiger partial charge in [0.2, 0.25) is 11.8 Å². The molecule has 1 unspecified atom stereocenters. The minimum Gasteiger partial charge on any atom is -0.461 e. The van der Waals surface area contributed by atoms with E-state index < -0.39 is 41.1 Å². The standard InChI is InChI=1S/C24H34N2O6/c1-6-15(4)16(13-27)26-19-21(29)25(14(2)3)11-7-10-24(19)17(20(26)28)18-22(30)31-12-8-9-23(18,5)32-24/h7-10,14-19,27H,6,11-13H2,1-5H3/t15-,16-,17-,18-,19?,23+,24-/m0/s1. The first kappa shape index (κ1) is 23.0. The van der Waals surface area contributed by atoms with E-state index in [1.165, 1.54) is 4.90 Å². The molecule has 0 aromatic rings. The second kappa shape index (κ2) is 7.99. The van der Waals surface area contributed by atoms with Crippen molar-refractivity contribution in [2.75, 3.05) is 19.8 Å². The highest BCUT2D eigenvalue weighted by atomic mass is 16.6. The van der Waals surface area contributed by atoms with E-state index >= 15 is 0 Å². The van der Waals surface area contributed by atoms with E-state index in [1.54, 1.807) is 24.0 Å². The number of amides is 2. The lowest BCUT2D eigenvalue weighted by Crippen LogP contribution is -2.60. The highest BCUT2D eigenvalue weighted by molar-refractivity contribution is 5.99. The van der Waals surface area contributed by atoms with Crippen LogP contribution in [0, 0.1) is 17.8 Å². The number of esters is 1. The van der Waals surface area contributed by atoms with Gasteiger partial charge in [-0.15, -0.1) is 0 Å². The molecule has 8 nitrogen and oxygen atoms in total. The molecular formula is C24H34N2O6. The summed E-state index contributed by atoms with van der Waals surface area (Å²) in [4.78, 5) is 44.3. The highest BCUT2D eigenvalue weighted by Crippen LogP contribution is 2.58. The number of carbonyl (C=O) groups excluding carboxylic acids is 3. The number of likely N-dealkylation sites (tertiary alicyclic amines) is 1. The van der Waals surface area contributed by atoms with Crippen LogP contribution in [0.25, 0.3) is 0 Å². The molecule has 0 bridgehead atoms. The first-order valence-corrected chi connectivity index (χ1v) is 11.6. The second-order valence-corrected chi connectivity index (χ2v) is 9.90. The molecule has 4 rings (SSSR count). The Hall–Kier alpha value is -2.19. The summed E-state index contributed by atoms with van der Waals surface area (Å²) in [5, 5.41) is 10.3. The fourth-order valence-corrected chi connectivity index (χ4v) is 5.95. The number of aliphatic hydroxyl groups excluding tert-OH is 1. The van der Waals surface area contributed by atoms with E-state index in [0.717, 1.165) is 6.42 Å². The third-order valence-electron chi connectivity index (χ3n) is 7.75. The average Bonchev–Trinajstić information content (AvgIpc) is 2.99. The number of hydrogen-bond donors (Lipinski definition) is 1. The van der Waals surface area contributed by atoms with Crippen molar-refractivity contribution >= 4 is 17.8 Å². The van der Waals surface area contributed by atoms with Gasteiger partial charge < -0.3 is 24.4 Å². The Morgan fingerprint density at radius 2 is 1.84 bits per heavy atom. The summed E-state index contributed by atoms with van der Waals surface area (Å²) in [6, 6.07) is -1.60. The molecule has 2 saturated heterocycles. The van der Waals surface area contributed by atoms with Crippen molar-refractivity contribution in [3.8, 4) is 0 Å². The zero-order chi connectivity index (χ0) is 23.4. The van der Waals surface area contributed by atoms with E-state index in [2.05, 4.69) is 0 Å². The van der Waals surface area contributed by atoms with E-state index in [4.69, 9.17) is 9.47 Å². The van der Waals surface area contributed by atoms with Gasteiger partial charge in [-0.25, -0.2) is 0 Å². The van der Waals surface area contributed by atoms with E-state index in [-0.39, 0.29) is 37.0 Å². The number of carbonyl (C=O) groups is 3. The Labute approximate surface area is 189 Å². The molecule has 0 radical (unpaired) electrons. The van der Waals surface area contributed by atoms with Crippen LogP contribution in [0.4, 0.5) is 0 Å². The van der Waals surface area contributed by atoms with Gasteiger partial charge in [0.05, 0.1) is 24.2 Å². The molecule has 4 aliphatic heterocycles. The summed E-state index contributed by atoms with van der Waals surface area (Å²) in [7, 11) is 0. The van der Waals surface area contributed by atoms with Crippen molar-refractivity contribution in [2.24, 2.45) is 17.8 Å². The number of ether oxygens (including phenoxy) is 2. The van der Waals surface area contributed by atoms with Crippen molar-refractivity contribution < 1.29 is 29.0 Å². The Balaban J connectivity index is 1.92. The highest BCUT2D eigenvalue weighted by Gasteiger charge is 2.75. The van der Waals surface area contributed by atoms with Crippen LogP contribution in [-0.2, 0) is 23.9 Å². The van der Waals surface area contributed by atoms with Crippen molar-refractivity contribution in [1.29, 1.82) is 0 Å². The summed E-state index contributed by atoms with van der Waals surface area (Å²) in [5.41, 5.74) is -2.38. The fourth-order valence-electron chi connectivity index (χ4n) is 5.95. The zero-order valence-corrected chi connectivity index (χ0v) is 19.5. The van der Waals surface area contributed by atoms with Crippen molar-refractivity contribution in [2.45, 2.75) is 70.4 Å². The zero-order valence-electron chi connectivity index (χ0n) is 19.5. The largest absolute Gasteiger partial charge is 0.461 e. The molecule has 176 valence electrons. The van der Waals surface area contributed by atoms with Gasteiger partial charge >= 0.3 is 5.97 Å². The molecule has 2 fully saturated rings. The molecular weight excluding hydrogens is 412 g/mol. The predicted octanol–water partition coefficient (Wildman–Crippen LogP) is 1.28. The van der Waals surface area contributed by atoms with Crippen LogP contribution in [0.1, 0.15) is 41.0 Å². The fraction of sp³-hybridized carbons (Fsp3) is 0.708. The first-order chi connectivity index (χ1) is 15.1. The average molecular weight is 447 g/mol. The molecule has 7 atom stereocenters. The number of hydrogen-bond acceptors (Lipinski definition) is 6. The summed E-state index contributed by atoms with van der Waals surface area (Å²) in [5.74, 6) is -2.87. The van der Waals surface area contributed by atoms with Crippen LogP contribution in [0.5, 0.6) is 0 Å². The summed E-state index contributed by atoms with van der Waals surface area (Å²) >= 11 is 0. The molecule has 1 spiro atoms. The molecule has 4 aliphatic rings. The minimum absolute atomic E-state index is 0.0419. The lowest BCUT2D eigenvalue weighted by Gasteiger charge is -2.42. The van der Waals surface area contributed by atoms with Crippen LogP contribution >= 0.6 is 0 Å². The third-order valence-corrected chi connectivity index (χ3v) is 7.75. The first-order valence-electron chi connectivity index (χ1n) is 11.6. The summed E-state index contributed by atoms with van der Waals surface area (Å²) in [6.45, 7) is 9.83. The van der Waals surface area contributed by atoms with Crippen LogP contribution in [-0.4, -0.2) is 81.8 Å². The number of rotatable bonds is 5. The van der Waals surface area contributed by atoms with Crippen LogP contribution in [0.15, 0.2) is 24.3 Å². The Morgan fingerprint density at radius 1 is 1.12 bits per heavy atom. The molecule has 1 N–H and O–H groups in total. The molecule has 8 heteroatoms.